The molecule has 5 nitrogen and oxygen atoms in total. The number of morpholine rings is 1. The smallest absolute Gasteiger partial charge is 0.254 e. The van der Waals surface area contributed by atoms with Crippen molar-refractivity contribution in [1.82, 2.24) is 4.90 Å². The second-order valence-corrected chi connectivity index (χ2v) is 7.98. The van der Waals surface area contributed by atoms with Crippen molar-refractivity contribution in [1.29, 1.82) is 0 Å². The first-order chi connectivity index (χ1) is 13.5. The summed E-state index contributed by atoms with van der Waals surface area (Å²) in [7, 11) is 0. The Morgan fingerprint density at radius 2 is 1.75 bits per heavy atom. The number of carbonyl (C=O) groups is 1. The SMILES string of the molecule is Cc1ccc([C@@]2(O)CCN(C(=O)c3ccc(C)c(N4CCOCC4)c3)C2)cc1. The van der Waals surface area contributed by atoms with Gasteiger partial charge in [-0.15, -0.1) is 0 Å². The molecule has 5 heteroatoms. The molecule has 148 valence electrons. The zero-order chi connectivity index (χ0) is 19.7. The van der Waals surface area contributed by atoms with E-state index in [4.69, 9.17) is 4.74 Å². The molecule has 1 N–H and O–H groups in total. The largest absolute Gasteiger partial charge is 0.383 e. The lowest BCUT2D eigenvalue weighted by molar-refractivity contribution is 0.0417. The Hall–Kier alpha value is -2.37. The van der Waals surface area contributed by atoms with Gasteiger partial charge in [0.05, 0.1) is 19.8 Å². The van der Waals surface area contributed by atoms with Crippen LogP contribution in [0.4, 0.5) is 5.69 Å². The highest BCUT2D eigenvalue weighted by Crippen LogP contribution is 2.33. The first kappa shape index (κ1) is 19.0. The average molecular weight is 380 g/mol. The van der Waals surface area contributed by atoms with Gasteiger partial charge in [0.15, 0.2) is 0 Å². The van der Waals surface area contributed by atoms with Crippen LogP contribution in [-0.2, 0) is 10.3 Å². The molecule has 1 amide bonds. The van der Waals surface area contributed by atoms with Gasteiger partial charge in [-0.25, -0.2) is 0 Å². The number of carbonyl (C=O) groups excluding carboxylic acids is 1. The van der Waals surface area contributed by atoms with Crippen molar-refractivity contribution < 1.29 is 14.6 Å². The second-order valence-electron chi connectivity index (χ2n) is 7.98. The number of rotatable bonds is 3. The Bertz CT molecular complexity index is 859. The predicted molar refractivity (Wildman–Crippen MR) is 110 cm³/mol. The molecule has 2 fully saturated rings. The van der Waals surface area contributed by atoms with Gasteiger partial charge in [-0.05, 0) is 43.5 Å². The summed E-state index contributed by atoms with van der Waals surface area (Å²) >= 11 is 0. The predicted octanol–water partition coefficient (Wildman–Crippen LogP) is 2.87. The summed E-state index contributed by atoms with van der Waals surface area (Å²) < 4.78 is 5.45. The van der Waals surface area contributed by atoms with E-state index in [1.165, 1.54) is 0 Å². The highest BCUT2D eigenvalue weighted by atomic mass is 16.5. The Labute approximate surface area is 166 Å². The van der Waals surface area contributed by atoms with Crippen LogP contribution in [-0.4, -0.2) is 55.3 Å². The molecule has 0 bridgehead atoms. The molecule has 2 heterocycles. The minimum atomic E-state index is -0.971. The Kier molecular flexibility index (Phi) is 5.13. The van der Waals surface area contributed by atoms with Crippen LogP contribution in [0.5, 0.6) is 0 Å². The zero-order valence-electron chi connectivity index (χ0n) is 16.6. The van der Waals surface area contributed by atoms with E-state index in [-0.39, 0.29) is 5.91 Å². The molecule has 2 aromatic rings. The topological polar surface area (TPSA) is 53.0 Å². The van der Waals surface area contributed by atoms with Gasteiger partial charge in [0.1, 0.15) is 5.60 Å². The highest BCUT2D eigenvalue weighted by molar-refractivity contribution is 5.95. The molecule has 0 radical (unpaired) electrons. The van der Waals surface area contributed by atoms with E-state index >= 15 is 0 Å². The fourth-order valence-corrected chi connectivity index (χ4v) is 4.14. The maximum absolute atomic E-state index is 13.1. The van der Waals surface area contributed by atoms with Crippen molar-refractivity contribution in [2.24, 2.45) is 0 Å². The first-order valence-electron chi connectivity index (χ1n) is 9.98. The van der Waals surface area contributed by atoms with Crippen molar-refractivity contribution in [2.45, 2.75) is 25.9 Å². The number of ether oxygens (including phenoxy) is 1. The van der Waals surface area contributed by atoms with E-state index in [0.717, 1.165) is 35.5 Å². The molecule has 2 aliphatic rings. The third-order valence-electron chi connectivity index (χ3n) is 5.93. The van der Waals surface area contributed by atoms with Gasteiger partial charge < -0.3 is 19.6 Å². The number of anilines is 1. The highest BCUT2D eigenvalue weighted by Gasteiger charge is 2.39. The van der Waals surface area contributed by atoms with Crippen LogP contribution in [0.25, 0.3) is 0 Å². The molecule has 0 unspecified atom stereocenters. The Morgan fingerprint density at radius 3 is 2.46 bits per heavy atom. The van der Waals surface area contributed by atoms with Crippen molar-refractivity contribution in [3.8, 4) is 0 Å². The van der Waals surface area contributed by atoms with E-state index in [2.05, 4.69) is 11.8 Å². The molecule has 2 aromatic carbocycles. The van der Waals surface area contributed by atoms with Crippen LogP contribution in [0.2, 0.25) is 0 Å². The quantitative estimate of drug-likeness (QED) is 0.890. The molecule has 4 rings (SSSR count). The van der Waals surface area contributed by atoms with Crippen molar-refractivity contribution in [2.75, 3.05) is 44.3 Å². The lowest BCUT2D eigenvalue weighted by Gasteiger charge is -2.30. The second kappa shape index (κ2) is 7.57. The monoisotopic (exact) mass is 380 g/mol. The molecule has 0 aliphatic carbocycles. The van der Waals surface area contributed by atoms with E-state index < -0.39 is 5.60 Å². The van der Waals surface area contributed by atoms with Crippen molar-refractivity contribution >= 4 is 11.6 Å². The Balaban J connectivity index is 1.53. The molecule has 2 aliphatic heterocycles. The number of amides is 1. The lowest BCUT2D eigenvalue weighted by atomic mass is 9.92. The molecule has 28 heavy (non-hydrogen) atoms. The molecule has 0 aromatic heterocycles. The van der Waals surface area contributed by atoms with Gasteiger partial charge in [-0.3, -0.25) is 4.79 Å². The number of hydrogen-bond donors (Lipinski definition) is 1. The molecule has 0 spiro atoms. The summed E-state index contributed by atoms with van der Waals surface area (Å²) in [6, 6.07) is 13.8. The number of hydrogen-bond acceptors (Lipinski definition) is 4. The molecule has 0 saturated carbocycles. The normalized spacial score (nSPS) is 22.5. The van der Waals surface area contributed by atoms with Gasteiger partial charge in [0.25, 0.3) is 5.91 Å². The number of nitrogens with zero attached hydrogens (tertiary/aromatic N) is 2. The first-order valence-corrected chi connectivity index (χ1v) is 9.98. The summed E-state index contributed by atoms with van der Waals surface area (Å²) in [6.45, 7) is 8.11. The van der Waals surface area contributed by atoms with Gasteiger partial charge >= 0.3 is 0 Å². The van der Waals surface area contributed by atoms with Crippen LogP contribution in [0.1, 0.15) is 33.5 Å². The van der Waals surface area contributed by atoms with Gasteiger partial charge in [-0.1, -0.05) is 35.9 Å². The summed E-state index contributed by atoms with van der Waals surface area (Å²) in [5.41, 5.74) is 4.01. The van der Waals surface area contributed by atoms with E-state index in [1.54, 1.807) is 4.90 Å². The fourth-order valence-electron chi connectivity index (χ4n) is 4.14. The number of aryl methyl sites for hydroxylation is 2. The summed E-state index contributed by atoms with van der Waals surface area (Å²) in [4.78, 5) is 17.2. The van der Waals surface area contributed by atoms with Crippen LogP contribution >= 0.6 is 0 Å². The maximum atomic E-state index is 13.1. The van der Waals surface area contributed by atoms with E-state index in [1.807, 2.05) is 49.4 Å². The lowest BCUT2D eigenvalue weighted by Crippen LogP contribution is -2.37. The minimum absolute atomic E-state index is 0.0162. The standard InChI is InChI=1S/C23H28N2O3/c1-17-3-7-20(8-4-17)23(27)9-10-25(16-23)22(26)19-6-5-18(2)21(15-19)24-11-13-28-14-12-24/h3-8,15,27H,9-14,16H2,1-2H3/t23-/m1/s1. The number of likely N-dealkylation sites (tertiary alicyclic amines) is 1. The van der Waals surface area contributed by atoms with Gasteiger partial charge in [0.2, 0.25) is 0 Å². The summed E-state index contributed by atoms with van der Waals surface area (Å²) in [6.07, 6.45) is 0.560. The average Bonchev–Trinajstić information content (AvgIpc) is 3.12. The fraction of sp³-hybridized carbons (Fsp3) is 0.435. The molecule has 1 atom stereocenters. The third kappa shape index (κ3) is 3.64. The van der Waals surface area contributed by atoms with Crippen LogP contribution in [0.15, 0.2) is 42.5 Å². The van der Waals surface area contributed by atoms with E-state index in [0.29, 0.717) is 38.3 Å². The van der Waals surface area contributed by atoms with Crippen molar-refractivity contribution in [3.63, 3.8) is 0 Å². The maximum Gasteiger partial charge on any atom is 0.254 e. The zero-order valence-corrected chi connectivity index (χ0v) is 16.6. The molecular formula is C23H28N2O3. The third-order valence-corrected chi connectivity index (χ3v) is 5.93. The minimum Gasteiger partial charge on any atom is -0.383 e. The number of benzene rings is 2. The van der Waals surface area contributed by atoms with E-state index in [9.17, 15) is 9.90 Å². The number of aliphatic hydroxyl groups is 1. The van der Waals surface area contributed by atoms with Crippen LogP contribution < -0.4 is 4.90 Å². The van der Waals surface area contributed by atoms with Crippen molar-refractivity contribution in [3.05, 3.63) is 64.7 Å². The van der Waals surface area contributed by atoms with Gasteiger partial charge in [0, 0.05) is 30.9 Å². The number of β-amino-alcohol motifs (C(OH)–C–C–N with tert-alkyl or cyclic N) is 1. The molecule has 2 saturated heterocycles. The summed E-state index contributed by atoms with van der Waals surface area (Å²) in [5, 5.41) is 11.1. The molecular weight excluding hydrogens is 352 g/mol. The van der Waals surface area contributed by atoms with Gasteiger partial charge in [-0.2, -0.15) is 0 Å². The van der Waals surface area contributed by atoms with Crippen LogP contribution in [0.3, 0.4) is 0 Å². The van der Waals surface area contributed by atoms with Crippen LogP contribution in [0, 0.1) is 13.8 Å². The summed E-state index contributed by atoms with van der Waals surface area (Å²) in [5.74, 6) is -0.0162. The Morgan fingerprint density at radius 1 is 1.04 bits per heavy atom.